The lowest BCUT2D eigenvalue weighted by Gasteiger charge is -2.13. The Bertz CT molecular complexity index is 335. The minimum atomic E-state index is -0.288. The first-order valence-electron chi connectivity index (χ1n) is 5.37. The maximum atomic E-state index is 10.5. The average molecular weight is 222 g/mol. The van der Waals surface area contributed by atoms with E-state index in [1.165, 1.54) is 0 Å². The third kappa shape index (κ3) is 4.79. The van der Waals surface area contributed by atoms with Gasteiger partial charge in [0.1, 0.15) is 5.75 Å². The number of hydrogen-bond acceptors (Lipinski definition) is 3. The van der Waals surface area contributed by atoms with Gasteiger partial charge < -0.3 is 16.2 Å². The molecule has 0 radical (unpaired) electrons. The Kier molecular flexibility index (Phi) is 4.79. The van der Waals surface area contributed by atoms with Crippen molar-refractivity contribution >= 4 is 5.91 Å². The van der Waals surface area contributed by atoms with Gasteiger partial charge in [0.2, 0.25) is 5.91 Å². The van der Waals surface area contributed by atoms with Crippen LogP contribution in [0.1, 0.15) is 18.9 Å². The molecule has 88 valence electrons. The molecule has 1 unspecified atom stereocenters. The molecule has 0 heterocycles. The van der Waals surface area contributed by atoms with E-state index in [-0.39, 0.29) is 17.7 Å². The van der Waals surface area contributed by atoms with E-state index < -0.39 is 0 Å². The van der Waals surface area contributed by atoms with Gasteiger partial charge in [-0.1, -0.05) is 12.1 Å². The fourth-order valence-electron chi connectivity index (χ4n) is 1.50. The van der Waals surface area contributed by atoms with Crippen LogP contribution < -0.4 is 11.1 Å². The molecule has 16 heavy (non-hydrogen) atoms. The van der Waals surface area contributed by atoms with E-state index in [0.717, 1.165) is 12.0 Å². The van der Waals surface area contributed by atoms with Gasteiger partial charge in [-0.3, -0.25) is 4.79 Å². The second-order valence-electron chi connectivity index (χ2n) is 3.94. The Labute approximate surface area is 95.5 Å². The maximum absolute atomic E-state index is 10.5. The summed E-state index contributed by atoms with van der Waals surface area (Å²) in [7, 11) is 0. The van der Waals surface area contributed by atoms with Crippen molar-refractivity contribution in [3.63, 3.8) is 0 Å². The molecule has 4 heteroatoms. The summed E-state index contributed by atoms with van der Waals surface area (Å²) in [6.07, 6.45) is 1.22. The van der Waals surface area contributed by atoms with E-state index in [0.29, 0.717) is 13.0 Å². The van der Waals surface area contributed by atoms with E-state index in [9.17, 15) is 4.79 Å². The van der Waals surface area contributed by atoms with Crippen LogP contribution in [-0.2, 0) is 11.2 Å². The summed E-state index contributed by atoms with van der Waals surface area (Å²) >= 11 is 0. The number of aromatic hydroxyl groups is 1. The predicted molar refractivity (Wildman–Crippen MR) is 63.1 cm³/mol. The predicted octanol–water partition coefficient (Wildman–Crippen LogP) is 0.788. The average Bonchev–Trinajstić information content (AvgIpc) is 2.21. The van der Waals surface area contributed by atoms with Gasteiger partial charge in [-0.05, 0) is 31.0 Å². The van der Waals surface area contributed by atoms with Crippen molar-refractivity contribution in [1.29, 1.82) is 0 Å². The molecule has 0 bridgehead atoms. The van der Waals surface area contributed by atoms with Crippen molar-refractivity contribution < 1.29 is 9.90 Å². The first kappa shape index (κ1) is 12.5. The zero-order valence-corrected chi connectivity index (χ0v) is 9.44. The quantitative estimate of drug-likeness (QED) is 0.666. The first-order valence-corrected chi connectivity index (χ1v) is 5.37. The van der Waals surface area contributed by atoms with E-state index in [1.807, 2.05) is 19.1 Å². The summed E-state index contributed by atoms with van der Waals surface area (Å²) in [6, 6.07) is 7.41. The van der Waals surface area contributed by atoms with Crippen LogP contribution in [0.5, 0.6) is 5.75 Å². The normalized spacial score (nSPS) is 12.3. The maximum Gasteiger partial charge on any atom is 0.218 e. The van der Waals surface area contributed by atoms with Crippen molar-refractivity contribution in [2.24, 2.45) is 5.73 Å². The Morgan fingerprint density at radius 2 is 2.06 bits per heavy atom. The highest BCUT2D eigenvalue weighted by atomic mass is 16.3. The number of carbonyl (C=O) groups excluding carboxylic acids is 1. The number of hydrogen-bond donors (Lipinski definition) is 3. The Hall–Kier alpha value is -1.55. The molecular formula is C12H18N2O2. The molecule has 4 N–H and O–H groups in total. The molecule has 0 saturated carbocycles. The van der Waals surface area contributed by atoms with Crippen LogP contribution in [0.3, 0.4) is 0 Å². The van der Waals surface area contributed by atoms with Crippen LogP contribution in [0.15, 0.2) is 24.3 Å². The number of nitrogens with two attached hydrogens (primary N) is 1. The number of primary amides is 1. The third-order valence-corrected chi connectivity index (χ3v) is 2.34. The Morgan fingerprint density at radius 1 is 1.44 bits per heavy atom. The van der Waals surface area contributed by atoms with Gasteiger partial charge in [0, 0.05) is 19.0 Å². The minimum absolute atomic E-state index is 0.276. The highest BCUT2D eigenvalue weighted by molar-refractivity contribution is 5.73. The molecule has 0 spiro atoms. The van der Waals surface area contributed by atoms with E-state index in [4.69, 9.17) is 10.8 Å². The minimum Gasteiger partial charge on any atom is -0.508 e. The van der Waals surface area contributed by atoms with Crippen molar-refractivity contribution in [3.8, 4) is 5.75 Å². The molecule has 4 nitrogen and oxygen atoms in total. The lowest BCUT2D eigenvalue weighted by atomic mass is 10.1. The fraction of sp³-hybridized carbons (Fsp3) is 0.417. The largest absolute Gasteiger partial charge is 0.508 e. The van der Waals surface area contributed by atoms with Gasteiger partial charge in [-0.25, -0.2) is 0 Å². The zero-order valence-electron chi connectivity index (χ0n) is 9.44. The van der Waals surface area contributed by atoms with E-state index in [2.05, 4.69) is 5.32 Å². The summed E-state index contributed by atoms with van der Waals surface area (Å²) in [4.78, 5) is 10.5. The number of phenolic OH excluding ortho intramolecular Hbond substituents is 1. The third-order valence-electron chi connectivity index (χ3n) is 2.34. The van der Waals surface area contributed by atoms with Crippen LogP contribution in [-0.4, -0.2) is 23.6 Å². The molecule has 0 saturated heterocycles. The molecule has 0 aliphatic heterocycles. The lowest BCUT2D eigenvalue weighted by Crippen LogP contribution is -2.31. The SMILES string of the molecule is CC(Cc1ccc(O)cc1)NCCC(N)=O. The molecule has 0 aliphatic carbocycles. The molecule has 1 aromatic carbocycles. The molecule has 1 rings (SSSR count). The second kappa shape index (κ2) is 6.12. The number of benzene rings is 1. The van der Waals surface area contributed by atoms with Crippen molar-refractivity contribution in [2.75, 3.05) is 6.54 Å². The molecule has 0 aliphatic rings. The van der Waals surface area contributed by atoms with Crippen molar-refractivity contribution in [2.45, 2.75) is 25.8 Å². The van der Waals surface area contributed by atoms with Gasteiger partial charge in [-0.15, -0.1) is 0 Å². The number of amides is 1. The van der Waals surface area contributed by atoms with Gasteiger partial charge >= 0.3 is 0 Å². The van der Waals surface area contributed by atoms with Crippen LogP contribution >= 0.6 is 0 Å². The summed E-state index contributed by atoms with van der Waals surface area (Å²) < 4.78 is 0. The molecule has 0 fully saturated rings. The van der Waals surface area contributed by atoms with Crippen molar-refractivity contribution in [1.82, 2.24) is 5.32 Å². The number of rotatable bonds is 6. The van der Waals surface area contributed by atoms with Gasteiger partial charge in [0.15, 0.2) is 0 Å². The zero-order chi connectivity index (χ0) is 12.0. The van der Waals surface area contributed by atoms with Crippen molar-refractivity contribution in [3.05, 3.63) is 29.8 Å². The Balaban J connectivity index is 2.31. The summed E-state index contributed by atoms with van der Waals surface area (Å²) in [5, 5.41) is 12.3. The molecule has 0 aromatic heterocycles. The van der Waals surface area contributed by atoms with Gasteiger partial charge in [-0.2, -0.15) is 0 Å². The van der Waals surface area contributed by atoms with E-state index >= 15 is 0 Å². The fourth-order valence-corrected chi connectivity index (χ4v) is 1.50. The van der Waals surface area contributed by atoms with E-state index in [1.54, 1.807) is 12.1 Å². The summed E-state index contributed by atoms with van der Waals surface area (Å²) in [5.41, 5.74) is 6.19. The molecule has 1 aromatic rings. The lowest BCUT2D eigenvalue weighted by molar-refractivity contribution is -0.117. The summed E-state index contributed by atoms with van der Waals surface area (Å²) in [5.74, 6) is -0.0116. The highest BCUT2D eigenvalue weighted by Gasteiger charge is 2.03. The number of carbonyl (C=O) groups is 1. The number of nitrogens with one attached hydrogen (secondary N) is 1. The van der Waals surface area contributed by atoms with Crippen LogP contribution in [0.4, 0.5) is 0 Å². The van der Waals surface area contributed by atoms with Crippen LogP contribution in [0.2, 0.25) is 0 Å². The second-order valence-corrected chi connectivity index (χ2v) is 3.94. The standard InChI is InChI=1S/C12H18N2O2/c1-9(14-7-6-12(13)16)8-10-2-4-11(15)5-3-10/h2-5,9,14-15H,6-8H2,1H3,(H2,13,16). The van der Waals surface area contributed by atoms with Crippen LogP contribution in [0, 0.1) is 0 Å². The number of phenols is 1. The molecule has 1 atom stereocenters. The Morgan fingerprint density at radius 3 is 2.62 bits per heavy atom. The molecular weight excluding hydrogens is 204 g/mol. The summed E-state index contributed by atoms with van der Waals surface area (Å²) in [6.45, 7) is 2.66. The van der Waals surface area contributed by atoms with Gasteiger partial charge in [0.25, 0.3) is 0 Å². The topological polar surface area (TPSA) is 75.3 Å². The van der Waals surface area contributed by atoms with Gasteiger partial charge in [0.05, 0.1) is 0 Å². The smallest absolute Gasteiger partial charge is 0.218 e. The van der Waals surface area contributed by atoms with Crippen LogP contribution in [0.25, 0.3) is 0 Å². The first-order chi connectivity index (χ1) is 7.58. The highest BCUT2D eigenvalue weighted by Crippen LogP contribution is 2.11. The monoisotopic (exact) mass is 222 g/mol. The molecule has 1 amide bonds.